The van der Waals surface area contributed by atoms with E-state index in [9.17, 15) is 19.5 Å². The number of carbonyl (C=O) groups excluding carboxylic acids is 1. The number of aromatic amines is 2. The van der Waals surface area contributed by atoms with Gasteiger partial charge in [0.2, 0.25) is 0 Å². The number of carbonyl (C=O) groups is 2. The molecule has 0 unspecified atom stereocenters. The minimum absolute atomic E-state index is 0.0812. The molecule has 1 saturated carbocycles. The summed E-state index contributed by atoms with van der Waals surface area (Å²) in [5.74, 6) is -1.64. The topological polar surface area (TPSA) is 132 Å². The number of carboxylic acid groups (broad SMARTS) is 1. The van der Waals surface area contributed by atoms with E-state index in [0.717, 1.165) is 53.4 Å². The third-order valence-electron chi connectivity index (χ3n) is 7.36. The number of aromatic nitrogens is 4. The van der Waals surface area contributed by atoms with Crippen LogP contribution in [0.5, 0.6) is 0 Å². The van der Waals surface area contributed by atoms with Crippen LogP contribution in [0.4, 0.5) is 0 Å². The van der Waals surface area contributed by atoms with Crippen molar-refractivity contribution in [3.8, 4) is 10.6 Å². The number of para-hydroxylation sites is 1. The normalized spacial score (nSPS) is 15.2. The zero-order valence-electron chi connectivity index (χ0n) is 20.6. The lowest BCUT2D eigenvalue weighted by Crippen LogP contribution is -2.42. The molecular formula is C28H27N5O4S. The van der Waals surface area contributed by atoms with Gasteiger partial charge in [0.05, 0.1) is 10.6 Å². The highest BCUT2D eigenvalue weighted by Gasteiger charge is 2.27. The van der Waals surface area contributed by atoms with Crippen molar-refractivity contribution in [1.29, 1.82) is 0 Å². The van der Waals surface area contributed by atoms with Gasteiger partial charge in [0.25, 0.3) is 11.5 Å². The Balaban J connectivity index is 1.33. The molecule has 1 aliphatic rings. The maximum Gasteiger partial charge on any atom is 0.326 e. The Morgan fingerprint density at radius 3 is 2.74 bits per heavy atom. The molecule has 6 rings (SSSR count). The monoisotopic (exact) mass is 529 g/mol. The van der Waals surface area contributed by atoms with Crippen LogP contribution < -0.4 is 10.9 Å². The number of nitrogens with zero attached hydrogens (tertiary/aromatic N) is 2. The molecule has 0 spiro atoms. The van der Waals surface area contributed by atoms with Crippen LogP contribution in [0.25, 0.3) is 27.1 Å². The largest absolute Gasteiger partial charge is 0.480 e. The first-order valence-corrected chi connectivity index (χ1v) is 13.7. The molecule has 1 aromatic carbocycles. The Morgan fingerprint density at radius 1 is 1.16 bits per heavy atom. The molecule has 1 atom stereocenters. The van der Waals surface area contributed by atoms with Crippen LogP contribution in [0.15, 0.2) is 58.8 Å². The maximum absolute atomic E-state index is 13.7. The van der Waals surface area contributed by atoms with Crippen LogP contribution in [0.1, 0.15) is 59.6 Å². The minimum atomic E-state index is -1.16. The molecule has 0 radical (unpaired) electrons. The van der Waals surface area contributed by atoms with Gasteiger partial charge in [-0.2, -0.15) is 0 Å². The first-order valence-electron chi connectivity index (χ1n) is 12.8. The van der Waals surface area contributed by atoms with Crippen LogP contribution in [-0.4, -0.2) is 42.6 Å². The van der Waals surface area contributed by atoms with Crippen LogP contribution in [0.2, 0.25) is 0 Å². The van der Waals surface area contributed by atoms with Crippen molar-refractivity contribution in [2.24, 2.45) is 0 Å². The van der Waals surface area contributed by atoms with Gasteiger partial charge in [-0.25, -0.2) is 14.3 Å². The molecule has 5 aromatic rings. The minimum Gasteiger partial charge on any atom is -0.480 e. The molecule has 194 valence electrons. The van der Waals surface area contributed by atoms with Crippen molar-refractivity contribution in [3.63, 3.8) is 0 Å². The van der Waals surface area contributed by atoms with Gasteiger partial charge in [0.15, 0.2) is 5.65 Å². The standard InChI is InChI=1S/C28H27N5O4S/c34-26(30-21(28(36)37)13-17-15-29-19-10-5-4-9-18(17)19)20-14-23-31-25(22-11-6-12-38-22)24(27(35)33(23)32-20)16-7-2-1-3-8-16/h4-6,9-12,14-16,21,29,32H,1-3,7-8,13H2,(H,30,34)(H,36,37)/t21-/m0/s1. The van der Waals surface area contributed by atoms with Crippen LogP contribution in [-0.2, 0) is 11.2 Å². The molecule has 10 heteroatoms. The number of aliphatic carboxylic acids is 1. The van der Waals surface area contributed by atoms with Crippen LogP contribution in [0, 0.1) is 0 Å². The van der Waals surface area contributed by atoms with Gasteiger partial charge in [-0.3, -0.25) is 14.7 Å². The van der Waals surface area contributed by atoms with E-state index in [4.69, 9.17) is 4.98 Å². The van der Waals surface area contributed by atoms with E-state index in [-0.39, 0.29) is 23.6 Å². The summed E-state index contributed by atoms with van der Waals surface area (Å²) >= 11 is 1.53. The zero-order chi connectivity index (χ0) is 26.2. The van der Waals surface area contributed by atoms with Gasteiger partial charge in [0, 0.05) is 35.2 Å². The number of nitrogens with one attached hydrogen (secondary N) is 3. The van der Waals surface area contributed by atoms with E-state index in [1.54, 1.807) is 6.20 Å². The molecule has 4 aromatic heterocycles. The fraction of sp³-hybridized carbons (Fsp3) is 0.286. The quantitative estimate of drug-likeness (QED) is 0.243. The summed E-state index contributed by atoms with van der Waals surface area (Å²) in [7, 11) is 0. The predicted octanol–water partition coefficient (Wildman–Crippen LogP) is 4.71. The summed E-state index contributed by atoms with van der Waals surface area (Å²) in [5.41, 5.74) is 3.24. The lowest BCUT2D eigenvalue weighted by atomic mass is 9.83. The first kappa shape index (κ1) is 24.2. The van der Waals surface area contributed by atoms with Gasteiger partial charge >= 0.3 is 5.97 Å². The molecule has 38 heavy (non-hydrogen) atoms. The van der Waals surface area contributed by atoms with Gasteiger partial charge in [-0.1, -0.05) is 43.5 Å². The summed E-state index contributed by atoms with van der Waals surface area (Å²) in [6.45, 7) is 0. The van der Waals surface area contributed by atoms with Crippen molar-refractivity contribution < 1.29 is 14.7 Å². The number of hydrogen-bond acceptors (Lipinski definition) is 5. The summed E-state index contributed by atoms with van der Waals surface area (Å²) in [6.07, 6.45) is 7.05. The predicted molar refractivity (Wildman–Crippen MR) is 146 cm³/mol. The SMILES string of the molecule is O=C(N[C@@H](Cc1c[nH]c2ccccc12)C(=O)O)c1cc2nc(-c3cccs3)c(C3CCCCC3)c(=O)n2[nH]1. The summed E-state index contributed by atoms with van der Waals surface area (Å²) in [4.78, 5) is 47.8. The van der Waals surface area contributed by atoms with Crippen molar-refractivity contribution >= 4 is 39.8 Å². The molecule has 0 aliphatic heterocycles. The first-order chi connectivity index (χ1) is 18.5. The van der Waals surface area contributed by atoms with Gasteiger partial charge < -0.3 is 15.4 Å². The Hall–Kier alpha value is -4.18. The van der Waals surface area contributed by atoms with Crippen LogP contribution >= 0.6 is 11.3 Å². The van der Waals surface area contributed by atoms with E-state index in [0.29, 0.717) is 16.9 Å². The molecular weight excluding hydrogens is 502 g/mol. The smallest absolute Gasteiger partial charge is 0.326 e. The second-order valence-electron chi connectivity index (χ2n) is 9.78. The van der Waals surface area contributed by atoms with E-state index < -0.39 is 17.9 Å². The number of fused-ring (bicyclic) bond motifs is 2. The van der Waals surface area contributed by atoms with Gasteiger partial charge in [0.1, 0.15) is 11.7 Å². The van der Waals surface area contributed by atoms with Crippen molar-refractivity contribution in [2.75, 3.05) is 0 Å². The zero-order valence-corrected chi connectivity index (χ0v) is 21.4. The molecule has 9 nitrogen and oxygen atoms in total. The molecule has 4 heterocycles. The molecule has 0 saturated heterocycles. The van der Waals surface area contributed by atoms with E-state index in [1.807, 2.05) is 41.8 Å². The average molecular weight is 530 g/mol. The lowest BCUT2D eigenvalue weighted by Gasteiger charge is -2.22. The lowest BCUT2D eigenvalue weighted by molar-refractivity contribution is -0.139. The van der Waals surface area contributed by atoms with E-state index in [2.05, 4.69) is 15.4 Å². The van der Waals surface area contributed by atoms with Crippen molar-refractivity contribution in [2.45, 2.75) is 50.5 Å². The van der Waals surface area contributed by atoms with Crippen LogP contribution in [0.3, 0.4) is 0 Å². The summed E-state index contributed by atoms with van der Waals surface area (Å²) < 4.78 is 1.31. The number of thiophene rings is 1. The van der Waals surface area contributed by atoms with Crippen molar-refractivity contribution in [3.05, 3.63) is 81.2 Å². The van der Waals surface area contributed by atoms with E-state index >= 15 is 0 Å². The number of H-pyrrole nitrogens is 2. The fourth-order valence-corrected chi connectivity index (χ4v) is 6.20. The number of amides is 1. The Kier molecular flexibility index (Phi) is 6.32. The second-order valence-corrected chi connectivity index (χ2v) is 10.7. The average Bonchev–Trinajstić information content (AvgIpc) is 3.69. The van der Waals surface area contributed by atoms with Gasteiger partial charge in [-0.05, 0) is 41.8 Å². The van der Waals surface area contributed by atoms with Crippen molar-refractivity contribution in [1.82, 2.24) is 24.9 Å². The third kappa shape index (κ3) is 4.41. The highest BCUT2D eigenvalue weighted by molar-refractivity contribution is 7.13. The molecule has 1 fully saturated rings. The Bertz CT molecular complexity index is 1690. The summed E-state index contributed by atoms with van der Waals surface area (Å²) in [5, 5.41) is 18.2. The van der Waals surface area contributed by atoms with Gasteiger partial charge in [-0.15, -0.1) is 11.3 Å². The summed E-state index contributed by atoms with van der Waals surface area (Å²) in [6, 6.07) is 11.8. The molecule has 4 N–H and O–H groups in total. The highest BCUT2D eigenvalue weighted by atomic mass is 32.1. The maximum atomic E-state index is 13.7. The number of rotatable bonds is 7. The molecule has 1 amide bonds. The number of carboxylic acids is 1. The van der Waals surface area contributed by atoms with E-state index in [1.165, 1.54) is 21.9 Å². The molecule has 1 aliphatic carbocycles. The highest BCUT2D eigenvalue weighted by Crippen LogP contribution is 2.37. The second kappa shape index (κ2) is 9.94. The Labute approximate surface area is 221 Å². The number of hydrogen-bond donors (Lipinski definition) is 4. The third-order valence-corrected chi connectivity index (χ3v) is 8.24. The Morgan fingerprint density at radius 2 is 1.97 bits per heavy atom. The fourth-order valence-electron chi connectivity index (χ4n) is 5.47. The number of benzene rings is 1. The molecule has 0 bridgehead atoms.